The first-order valence-electron chi connectivity index (χ1n) is 25.7. The van der Waals surface area contributed by atoms with Gasteiger partial charge in [-0.3, -0.25) is 14.5 Å². The van der Waals surface area contributed by atoms with E-state index in [2.05, 4.69) is 20.8 Å². The average molecular weight is 1140 g/mol. The van der Waals surface area contributed by atoms with Crippen LogP contribution in [0, 0.1) is 0 Å². The maximum absolute atomic E-state index is 14.9. The molecule has 5 heterocycles. The summed E-state index contributed by atoms with van der Waals surface area (Å²) in [5.41, 5.74) is 5.76. The molecule has 0 aliphatic carbocycles. The fourth-order valence-electron chi connectivity index (χ4n) is 9.58. The Balaban J connectivity index is 0.886. The Kier molecular flexibility index (Phi) is 16.3. The molecule has 2 N–H and O–H groups in total. The van der Waals surface area contributed by atoms with E-state index in [0.717, 1.165) is 27.8 Å². The highest BCUT2D eigenvalue weighted by molar-refractivity contribution is 8.01. The Bertz CT molecular complexity index is 3620. The molecule has 11 rings (SSSR count). The normalized spacial score (nSPS) is 15.2. The first-order valence-corrected chi connectivity index (χ1v) is 28.6. The van der Waals surface area contributed by atoms with Gasteiger partial charge in [-0.15, -0.1) is 23.1 Å². The van der Waals surface area contributed by atoms with Gasteiger partial charge in [-0.25, -0.2) is 19.1 Å². The SMILES string of the molecule is COc1ccc(COC(=O)C2=C(CSc3nc4c[n+](C)ccc4o3)CS[C@H]3C(NC(=O)/C(=N\OCC(=O)OC(c4ccccc4)c4ccccc4)c4csc(NC(c5ccccc5)(c5ccccc5)c5ccccc5)n4)C(=O)N23)cc1. The summed E-state index contributed by atoms with van der Waals surface area (Å²) in [6, 6.07) is 56.4. The van der Waals surface area contributed by atoms with Gasteiger partial charge < -0.3 is 34.1 Å². The van der Waals surface area contributed by atoms with Crippen LogP contribution in [0.3, 0.4) is 0 Å². The van der Waals surface area contributed by atoms with Gasteiger partial charge in [0, 0.05) is 23.0 Å². The third-order valence-electron chi connectivity index (χ3n) is 13.5. The van der Waals surface area contributed by atoms with Crippen molar-refractivity contribution in [2.24, 2.45) is 12.2 Å². The van der Waals surface area contributed by atoms with Gasteiger partial charge in [0.05, 0.1) is 7.11 Å². The van der Waals surface area contributed by atoms with Crippen LogP contribution in [0.5, 0.6) is 5.75 Å². The molecule has 2 aliphatic rings. The number of oxazole rings is 1. The largest absolute Gasteiger partial charge is 0.497 e. The average Bonchev–Trinajstić information content (AvgIpc) is 4.22. The number of methoxy groups -OCH3 is 1. The smallest absolute Gasteiger partial charge is 0.355 e. The molecular weight excluding hydrogens is 1080 g/mol. The molecular formula is C62H52N7O9S3+. The predicted molar refractivity (Wildman–Crippen MR) is 309 cm³/mol. The first-order chi connectivity index (χ1) is 39.6. The topological polar surface area (TPSA) is 188 Å². The van der Waals surface area contributed by atoms with Crippen molar-refractivity contribution in [1.82, 2.24) is 20.2 Å². The molecule has 16 nitrogen and oxygen atoms in total. The number of aryl methyl sites for hydroxylation is 1. The molecule has 0 spiro atoms. The summed E-state index contributed by atoms with van der Waals surface area (Å²) in [6.07, 6.45) is 2.95. The molecule has 406 valence electrons. The molecule has 9 aromatic rings. The summed E-state index contributed by atoms with van der Waals surface area (Å²) < 4.78 is 25.1. The molecule has 6 aromatic carbocycles. The number of rotatable bonds is 21. The lowest BCUT2D eigenvalue weighted by molar-refractivity contribution is -0.670. The molecule has 19 heteroatoms. The molecule has 2 atom stereocenters. The van der Waals surface area contributed by atoms with Gasteiger partial charge in [0.25, 0.3) is 17.0 Å². The van der Waals surface area contributed by atoms with E-state index >= 15 is 0 Å². The number of fused-ring (bicyclic) bond motifs is 2. The molecule has 1 unspecified atom stereocenters. The van der Waals surface area contributed by atoms with E-state index < -0.39 is 53.4 Å². The quantitative estimate of drug-likeness (QED) is 0.0132. The van der Waals surface area contributed by atoms with Crippen LogP contribution in [0.15, 0.2) is 226 Å². The number of nitrogens with one attached hydrogen (secondary N) is 2. The number of aromatic nitrogens is 3. The van der Waals surface area contributed by atoms with Crippen molar-refractivity contribution in [2.45, 2.75) is 34.9 Å². The minimum Gasteiger partial charge on any atom is -0.497 e. The van der Waals surface area contributed by atoms with Gasteiger partial charge in [0.1, 0.15) is 47.7 Å². The minimum atomic E-state index is -1.12. The van der Waals surface area contributed by atoms with E-state index in [1.165, 1.54) is 39.8 Å². The Labute approximate surface area is 478 Å². The molecule has 0 saturated carbocycles. The number of carbonyl (C=O) groups excluding carboxylic acids is 4. The highest BCUT2D eigenvalue weighted by Gasteiger charge is 2.55. The summed E-state index contributed by atoms with van der Waals surface area (Å²) in [5.74, 6) is -1.63. The van der Waals surface area contributed by atoms with E-state index in [-0.39, 0.29) is 29.5 Å². The summed E-state index contributed by atoms with van der Waals surface area (Å²) in [7, 11) is 3.46. The standard InChI is InChI=1S/C62H51N7O9S3/c1-68-33-32-50-48(34-68)64-61(77-50)81-38-43-37-79-58-53(57(72)69(58)54(43)59(73)75-35-40-28-30-47(74-2)31-29-40)65-56(71)52(67-76-36-51(70)78-55(41-18-8-3-9-19-41)42-20-10-4-11-21-42)49-39-80-60(63-49)66-62(44-22-12-5-13-23-44,45-24-14-6-15-25-45)46-26-16-7-17-27-46/h3-34,39,53,55,58H,35-38H2,1-2H3,(H-,63,65,66,71)/p+1/b67-52-/t53?,58-/m0/s1. The van der Waals surface area contributed by atoms with Crippen LogP contribution < -0.4 is 19.9 Å². The molecule has 0 bridgehead atoms. The summed E-state index contributed by atoms with van der Waals surface area (Å²) >= 11 is 3.90. The van der Waals surface area contributed by atoms with Crippen LogP contribution >= 0.6 is 34.9 Å². The number of ether oxygens (including phenoxy) is 3. The summed E-state index contributed by atoms with van der Waals surface area (Å²) in [4.78, 5) is 74.1. The van der Waals surface area contributed by atoms with E-state index in [1.54, 1.807) is 36.8 Å². The van der Waals surface area contributed by atoms with E-state index in [4.69, 9.17) is 28.4 Å². The first kappa shape index (κ1) is 53.9. The number of β-lactam (4-membered cyclic amide) rings is 1. The van der Waals surface area contributed by atoms with Crippen molar-refractivity contribution in [3.63, 3.8) is 0 Å². The number of esters is 2. The monoisotopic (exact) mass is 1130 g/mol. The molecule has 81 heavy (non-hydrogen) atoms. The summed E-state index contributed by atoms with van der Waals surface area (Å²) in [5, 5.41) is 12.6. The van der Waals surface area contributed by atoms with Gasteiger partial charge >= 0.3 is 11.9 Å². The van der Waals surface area contributed by atoms with E-state index in [9.17, 15) is 19.2 Å². The second kappa shape index (κ2) is 24.5. The van der Waals surface area contributed by atoms with Crippen LogP contribution in [0.4, 0.5) is 5.13 Å². The third kappa shape index (κ3) is 11.8. The zero-order valence-electron chi connectivity index (χ0n) is 43.7. The second-order valence-corrected chi connectivity index (χ2v) is 21.7. The van der Waals surface area contributed by atoms with Gasteiger partial charge in [-0.1, -0.05) is 181 Å². The lowest BCUT2D eigenvalue weighted by Gasteiger charge is -2.49. The predicted octanol–water partition coefficient (Wildman–Crippen LogP) is 9.76. The van der Waals surface area contributed by atoms with Crippen LogP contribution in [-0.4, -0.2) is 81.0 Å². The second-order valence-electron chi connectivity index (χ2n) is 18.8. The maximum Gasteiger partial charge on any atom is 0.355 e. The maximum atomic E-state index is 14.9. The van der Waals surface area contributed by atoms with E-state index in [0.29, 0.717) is 44.1 Å². The molecule has 1 fully saturated rings. The van der Waals surface area contributed by atoms with Crippen molar-refractivity contribution in [3.05, 3.63) is 250 Å². The Morgan fingerprint density at radius 2 is 1.42 bits per heavy atom. The van der Waals surface area contributed by atoms with Gasteiger partial charge in [0.15, 0.2) is 40.4 Å². The van der Waals surface area contributed by atoms with E-state index in [1.807, 2.05) is 182 Å². The third-order valence-corrected chi connectivity index (χ3v) is 16.6. The molecule has 0 radical (unpaired) electrons. The highest BCUT2D eigenvalue weighted by Crippen LogP contribution is 2.44. The lowest BCUT2D eigenvalue weighted by Crippen LogP contribution is -2.71. The van der Waals surface area contributed by atoms with Gasteiger partial charge in [-0.05, 0) is 51.1 Å². The number of anilines is 1. The number of carbonyl (C=O) groups is 4. The number of thioether (sulfide) groups is 2. The fourth-order valence-corrected chi connectivity index (χ4v) is 12.7. The van der Waals surface area contributed by atoms with Crippen LogP contribution in [0.1, 0.15) is 45.2 Å². The van der Waals surface area contributed by atoms with Crippen molar-refractivity contribution in [3.8, 4) is 5.75 Å². The molecule has 1 saturated heterocycles. The van der Waals surface area contributed by atoms with Crippen LogP contribution in [-0.2, 0) is 52.7 Å². The lowest BCUT2D eigenvalue weighted by atomic mass is 9.77. The van der Waals surface area contributed by atoms with Crippen molar-refractivity contribution in [1.29, 1.82) is 0 Å². The van der Waals surface area contributed by atoms with Crippen molar-refractivity contribution < 1.29 is 47.2 Å². The van der Waals surface area contributed by atoms with Crippen LogP contribution in [0.25, 0.3) is 11.1 Å². The summed E-state index contributed by atoms with van der Waals surface area (Å²) in [6.45, 7) is -0.749. The van der Waals surface area contributed by atoms with Gasteiger partial charge in [-0.2, -0.15) is 4.98 Å². The zero-order valence-corrected chi connectivity index (χ0v) is 46.2. The Hall–Kier alpha value is -9.04. The zero-order chi connectivity index (χ0) is 55.7. The van der Waals surface area contributed by atoms with Crippen molar-refractivity contribution >= 4 is 80.6 Å². The number of amides is 2. The fraction of sp³-hybridized carbons (Fsp3) is 0.161. The molecule has 2 amide bonds. The van der Waals surface area contributed by atoms with Gasteiger partial charge in [0.2, 0.25) is 6.61 Å². The molecule has 3 aromatic heterocycles. The number of benzene rings is 6. The number of nitrogens with zero attached hydrogens (tertiary/aromatic N) is 5. The Morgan fingerprint density at radius 3 is 2.02 bits per heavy atom. The number of oxime groups is 1. The van der Waals surface area contributed by atoms with Crippen LogP contribution in [0.2, 0.25) is 0 Å². The number of hydrogen-bond donors (Lipinski definition) is 2. The molecule has 2 aliphatic heterocycles. The minimum absolute atomic E-state index is 0.0743. The number of pyridine rings is 1. The van der Waals surface area contributed by atoms with Crippen molar-refractivity contribution in [2.75, 3.05) is 30.5 Å². The number of hydrogen-bond acceptors (Lipinski definition) is 16. The number of thiazole rings is 1. The highest BCUT2D eigenvalue weighted by atomic mass is 32.2. The Morgan fingerprint density at radius 1 is 0.815 bits per heavy atom.